The smallest absolute Gasteiger partial charge is 0.135 e. The molecule has 0 bridgehead atoms. The van der Waals surface area contributed by atoms with Crippen LogP contribution < -0.4 is 0 Å². The highest BCUT2D eigenvalue weighted by atomic mass is 16.2. The summed E-state index contributed by atoms with van der Waals surface area (Å²) in [6, 6.07) is 0. The van der Waals surface area contributed by atoms with Crippen molar-refractivity contribution in [3.8, 4) is 0 Å². The minimum Gasteiger partial charge on any atom is -0.396 e. The van der Waals surface area contributed by atoms with E-state index in [4.69, 9.17) is 5.11 Å². The summed E-state index contributed by atoms with van der Waals surface area (Å²) in [5, 5.41) is 8.67. The predicted octanol–water partition coefficient (Wildman–Crippen LogP) is 8.01. The van der Waals surface area contributed by atoms with Crippen molar-refractivity contribution in [2.75, 3.05) is 6.61 Å². The molecule has 1 atom stereocenters. The van der Waals surface area contributed by atoms with Gasteiger partial charge in [0.05, 0.1) is 0 Å². The molecular weight excluding hydrogens is 332 g/mol. The zero-order valence-corrected chi connectivity index (χ0v) is 18.8. The molecular formula is C25H50O2. The molecule has 1 rings (SSSR count). The van der Waals surface area contributed by atoms with Gasteiger partial charge in [-0.15, -0.1) is 0 Å². The van der Waals surface area contributed by atoms with Crippen molar-refractivity contribution in [2.24, 2.45) is 5.92 Å². The SMILES string of the molecule is CC1CCCCC1=O.CCCCCCCCCCCCCCCCCCO. The molecule has 0 aromatic heterocycles. The lowest BCUT2D eigenvalue weighted by Gasteiger charge is -2.14. The first-order valence-electron chi connectivity index (χ1n) is 12.4. The zero-order chi connectivity index (χ0) is 20.0. The van der Waals surface area contributed by atoms with Gasteiger partial charge in [0.25, 0.3) is 0 Å². The summed E-state index contributed by atoms with van der Waals surface area (Å²) in [5.74, 6) is 0.833. The Kier molecular flexibility index (Phi) is 21.6. The van der Waals surface area contributed by atoms with Crippen LogP contribution in [0.25, 0.3) is 0 Å². The van der Waals surface area contributed by atoms with Crippen LogP contribution in [-0.2, 0) is 4.79 Å². The Morgan fingerprint density at radius 3 is 1.41 bits per heavy atom. The molecule has 1 N–H and O–H groups in total. The van der Waals surface area contributed by atoms with Gasteiger partial charge in [-0.05, 0) is 19.3 Å². The highest BCUT2D eigenvalue weighted by Crippen LogP contribution is 2.19. The quantitative estimate of drug-likeness (QED) is 0.274. The molecule has 2 nitrogen and oxygen atoms in total. The van der Waals surface area contributed by atoms with Gasteiger partial charge in [-0.1, -0.05) is 117 Å². The molecule has 0 aliphatic heterocycles. The van der Waals surface area contributed by atoms with E-state index in [1.807, 2.05) is 6.92 Å². The molecule has 1 fully saturated rings. The van der Waals surface area contributed by atoms with Crippen molar-refractivity contribution in [3.63, 3.8) is 0 Å². The largest absolute Gasteiger partial charge is 0.396 e. The third-order valence-electron chi connectivity index (χ3n) is 5.87. The van der Waals surface area contributed by atoms with Crippen LogP contribution in [0.5, 0.6) is 0 Å². The fraction of sp³-hybridized carbons (Fsp3) is 0.960. The standard InChI is InChI=1S/C18H38O.C7H12O/c1-2-3-4-5-6-7-8-9-10-11-12-13-14-15-16-17-18-19;1-6-4-2-3-5-7(6)8/h19H,2-18H2,1H3;6H,2-5H2,1H3. The molecule has 2 heteroatoms. The van der Waals surface area contributed by atoms with E-state index >= 15 is 0 Å². The van der Waals surface area contributed by atoms with Gasteiger partial charge in [0, 0.05) is 18.9 Å². The van der Waals surface area contributed by atoms with E-state index in [1.165, 1.54) is 103 Å². The average Bonchev–Trinajstić information content (AvgIpc) is 2.68. The zero-order valence-electron chi connectivity index (χ0n) is 18.8. The molecule has 27 heavy (non-hydrogen) atoms. The second-order valence-corrected chi connectivity index (χ2v) is 8.64. The van der Waals surface area contributed by atoms with Crippen molar-refractivity contribution in [3.05, 3.63) is 0 Å². The lowest BCUT2D eigenvalue weighted by Crippen LogP contribution is -2.14. The maximum absolute atomic E-state index is 10.8. The van der Waals surface area contributed by atoms with Crippen molar-refractivity contribution in [1.82, 2.24) is 0 Å². The van der Waals surface area contributed by atoms with Crippen molar-refractivity contribution in [2.45, 2.75) is 142 Å². The monoisotopic (exact) mass is 382 g/mol. The van der Waals surface area contributed by atoms with Crippen LogP contribution in [0.2, 0.25) is 0 Å². The van der Waals surface area contributed by atoms with E-state index in [-0.39, 0.29) is 0 Å². The van der Waals surface area contributed by atoms with Gasteiger partial charge in [0.15, 0.2) is 0 Å². The first-order chi connectivity index (χ1) is 13.2. The van der Waals surface area contributed by atoms with Gasteiger partial charge >= 0.3 is 0 Å². The molecule has 0 saturated heterocycles. The highest BCUT2D eigenvalue weighted by molar-refractivity contribution is 5.81. The number of ketones is 1. The van der Waals surface area contributed by atoms with Gasteiger partial charge in [0.1, 0.15) is 5.78 Å². The Balaban J connectivity index is 0.000000694. The number of aliphatic hydroxyl groups is 1. The average molecular weight is 383 g/mol. The van der Waals surface area contributed by atoms with Gasteiger partial charge in [-0.2, -0.15) is 0 Å². The Morgan fingerprint density at radius 2 is 1.11 bits per heavy atom. The van der Waals surface area contributed by atoms with E-state index < -0.39 is 0 Å². The molecule has 1 aliphatic carbocycles. The van der Waals surface area contributed by atoms with Crippen molar-refractivity contribution < 1.29 is 9.90 Å². The molecule has 162 valence electrons. The van der Waals surface area contributed by atoms with Gasteiger partial charge in [-0.25, -0.2) is 0 Å². The maximum Gasteiger partial charge on any atom is 0.135 e. The lowest BCUT2D eigenvalue weighted by atomic mass is 9.90. The van der Waals surface area contributed by atoms with Gasteiger partial charge in [-0.3, -0.25) is 4.79 Å². The van der Waals surface area contributed by atoms with Gasteiger partial charge < -0.3 is 5.11 Å². The van der Waals surface area contributed by atoms with E-state index in [2.05, 4.69) is 6.92 Å². The van der Waals surface area contributed by atoms with E-state index in [0.29, 0.717) is 18.3 Å². The number of hydrogen-bond donors (Lipinski definition) is 1. The molecule has 0 aromatic rings. The first-order valence-corrected chi connectivity index (χ1v) is 12.4. The molecule has 1 aliphatic rings. The number of unbranched alkanes of at least 4 members (excludes halogenated alkanes) is 15. The Bertz CT molecular complexity index is 285. The number of carbonyl (C=O) groups excluding carboxylic acids is 1. The van der Waals surface area contributed by atoms with E-state index in [1.54, 1.807) is 0 Å². The third kappa shape index (κ3) is 20.2. The predicted molar refractivity (Wildman–Crippen MR) is 119 cm³/mol. The molecule has 0 spiro atoms. The van der Waals surface area contributed by atoms with Crippen LogP contribution in [0.15, 0.2) is 0 Å². The summed E-state index contributed by atoms with van der Waals surface area (Å²) in [5.41, 5.74) is 0. The fourth-order valence-corrected chi connectivity index (χ4v) is 3.82. The second-order valence-electron chi connectivity index (χ2n) is 8.64. The van der Waals surface area contributed by atoms with Crippen LogP contribution in [-0.4, -0.2) is 17.5 Å². The summed E-state index contributed by atoms with van der Waals surface area (Å²) in [4.78, 5) is 10.8. The minimum atomic E-state index is 0.365. The highest BCUT2D eigenvalue weighted by Gasteiger charge is 2.16. The number of carbonyl (C=O) groups is 1. The Labute approximate surface area is 170 Å². The normalized spacial score (nSPS) is 16.9. The van der Waals surface area contributed by atoms with Crippen LogP contribution >= 0.6 is 0 Å². The molecule has 1 saturated carbocycles. The molecule has 0 radical (unpaired) electrons. The molecule has 0 aromatic carbocycles. The lowest BCUT2D eigenvalue weighted by molar-refractivity contribution is -0.123. The van der Waals surface area contributed by atoms with E-state index in [9.17, 15) is 4.79 Å². The molecule has 0 heterocycles. The Morgan fingerprint density at radius 1 is 0.704 bits per heavy atom. The minimum absolute atomic E-state index is 0.365. The summed E-state index contributed by atoms with van der Waals surface area (Å²) in [7, 11) is 0. The van der Waals surface area contributed by atoms with Crippen LogP contribution in [0, 0.1) is 5.92 Å². The van der Waals surface area contributed by atoms with Crippen LogP contribution in [0.4, 0.5) is 0 Å². The van der Waals surface area contributed by atoms with Crippen LogP contribution in [0.3, 0.4) is 0 Å². The maximum atomic E-state index is 10.8. The van der Waals surface area contributed by atoms with Crippen molar-refractivity contribution in [1.29, 1.82) is 0 Å². The summed E-state index contributed by atoms with van der Waals surface area (Å²) in [6.45, 7) is 4.69. The second kappa shape index (κ2) is 21.9. The topological polar surface area (TPSA) is 37.3 Å². The summed E-state index contributed by atoms with van der Waals surface area (Å²) >= 11 is 0. The first kappa shape index (κ1) is 26.6. The molecule has 0 amide bonds. The summed E-state index contributed by atoms with van der Waals surface area (Å²) < 4.78 is 0. The number of hydrogen-bond acceptors (Lipinski definition) is 2. The van der Waals surface area contributed by atoms with Crippen LogP contribution in [0.1, 0.15) is 142 Å². The van der Waals surface area contributed by atoms with Gasteiger partial charge in [0.2, 0.25) is 0 Å². The third-order valence-corrected chi connectivity index (χ3v) is 5.87. The number of rotatable bonds is 16. The molecule has 1 unspecified atom stereocenters. The van der Waals surface area contributed by atoms with Crippen molar-refractivity contribution >= 4 is 5.78 Å². The number of aliphatic hydroxyl groups excluding tert-OH is 1. The number of Topliss-reactive ketones (excluding diaryl/α,β-unsaturated/α-hetero) is 1. The summed E-state index contributed by atoms with van der Waals surface area (Å²) in [6.07, 6.45) is 26.5. The van der Waals surface area contributed by atoms with E-state index in [0.717, 1.165) is 25.7 Å². The fourth-order valence-electron chi connectivity index (χ4n) is 3.82. The Hall–Kier alpha value is -0.370.